The second-order valence-electron chi connectivity index (χ2n) is 5.32. The van der Waals surface area contributed by atoms with Crippen LogP contribution in [0.2, 0.25) is 0 Å². The fourth-order valence-corrected chi connectivity index (χ4v) is 2.40. The van der Waals surface area contributed by atoms with Gasteiger partial charge in [0.15, 0.2) is 5.69 Å². The van der Waals surface area contributed by atoms with E-state index in [1.54, 1.807) is 0 Å². The van der Waals surface area contributed by atoms with Crippen LogP contribution in [-0.4, -0.2) is 15.9 Å². The van der Waals surface area contributed by atoms with Crippen LogP contribution in [0.15, 0.2) is 12.1 Å². The van der Waals surface area contributed by atoms with Crippen molar-refractivity contribution >= 4 is 17.1 Å². The molecule has 1 rings (SSSR count). The van der Waals surface area contributed by atoms with Gasteiger partial charge < -0.3 is 5.32 Å². The predicted octanol–water partition coefficient (Wildman–Crippen LogP) is 4.90. The maximum Gasteiger partial charge on any atom is 0.416 e. The number of rotatable bonds is 8. The number of nitrogens with zero attached hydrogens (tertiary/aromatic N) is 2. The second kappa shape index (κ2) is 7.93. The molecule has 7 nitrogen and oxygen atoms in total. The Hall–Kier alpha value is -2.39. The van der Waals surface area contributed by atoms with Crippen molar-refractivity contribution in [2.75, 3.05) is 5.32 Å². The van der Waals surface area contributed by atoms with E-state index < -0.39 is 38.6 Å². The molecular weight excluding hydrogens is 331 g/mol. The molecule has 0 unspecified atom stereocenters. The van der Waals surface area contributed by atoms with Crippen LogP contribution in [0.3, 0.4) is 0 Å². The lowest BCUT2D eigenvalue weighted by atomic mass is 10.0. The van der Waals surface area contributed by atoms with Gasteiger partial charge in [-0.05, 0) is 12.8 Å². The third kappa shape index (κ3) is 4.80. The van der Waals surface area contributed by atoms with Crippen LogP contribution in [0.25, 0.3) is 0 Å². The molecule has 0 spiro atoms. The van der Waals surface area contributed by atoms with E-state index in [1.165, 1.54) is 0 Å². The van der Waals surface area contributed by atoms with Crippen molar-refractivity contribution in [1.29, 1.82) is 0 Å². The van der Waals surface area contributed by atoms with Gasteiger partial charge in [-0.3, -0.25) is 20.2 Å². The molecule has 24 heavy (non-hydrogen) atoms. The van der Waals surface area contributed by atoms with Crippen molar-refractivity contribution in [3.05, 3.63) is 37.9 Å². The van der Waals surface area contributed by atoms with Crippen LogP contribution in [0, 0.1) is 20.2 Å². The molecule has 1 aromatic rings. The fraction of sp³-hybridized carbons (Fsp3) is 0.571. The highest BCUT2D eigenvalue weighted by molar-refractivity contribution is 5.75. The second-order valence-corrected chi connectivity index (χ2v) is 5.32. The topological polar surface area (TPSA) is 98.3 Å². The molecule has 1 aromatic carbocycles. The molecule has 134 valence electrons. The van der Waals surface area contributed by atoms with Gasteiger partial charge in [-0.15, -0.1) is 0 Å². The molecule has 0 aliphatic rings. The van der Waals surface area contributed by atoms with Crippen LogP contribution in [-0.2, 0) is 6.18 Å². The molecule has 1 N–H and O–H groups in total. The maximum absolute atomic E-state index is 12.8. The van der Waals surface area contributed by atoms with E-state index >= 15 is 0 Å². The van der Waals surface area contributed by atoms with Crippen molar-refractivity contribution in [1.82, 2.24) is 0 Å². The molecule has 0 aliphatic carbocycles. The SMILES string of the molecule is CCCC(CCC)Nc1c([N+](=O)[O-])cc(C(F)(F)F)cc1[N+](=O)[O-]. The summed E-state index contributed by atoms with van der Waals surface area (Å²) >= 11 is 0. The molecule has 10 heteroatoms. The van der Waals surface area contributed by atoms with E-state index in [0.717, 1.165) is 12.8 Å². The summed E-state index contributed by atoms with van der Waals surface area (Å²) in [5, 5.41) is 25.0. The van der Waals surface area contributed by atoms with Crippen LogP contribution in [0.5, 0.6) is 0 Å². The first-order valence-corrected chi connectivity index (χ1v) is 7.42. The lowest BCUT2D eigenvalue weighted by Crippen LogP contribution is -2.21. The average molecular weight is 349 g/mol. The Labute approximate surface area is 136 Å². The third-order valence-corrected chi connectivity index (χ3v) is 3.44. The van der Waals surface area contributed by atoms with E-state index in [1.807, 2.05) is 13.8 Å². The van der Waals surface area contributed by atoms with Crippen molar-refractivity contribution in [2.45, 2.75) is 51.7 Å². The average Bonchev–Trinajstić information content (AvgIpc) is 2.46. The zero-order valence-electron chi connectivity index (χ0n) is 13.2. The normalized spacial score (nSPS) is 11.6. The molecule has 0 amide bonds. The van der Waals surface area contributed by atoms with Gasteiger partial charge in [-0.2, -0.15) is 13.2 Å². The van der Waals surface area contributed by atoms with Crippen molar-refractivity contribution in [2.24, 2.45) is 0 Å². The van der Waals surface area contributed by atoms with Gasteiger partial charge in [0.25, 0.3) is 11.4 Å². The first-order valence-electron chi connectivity index (χ1n) is 7.42. The molecule has 0 aliphatic heterocycles. The number of nitrogens with one attached hydrogen (secondary N) is 1. The standard InChI is InChI=1S/C14H18F3N3O4/c1-3-5-10(6-4-2)18-13-11(19(21)22)7-9(14(15,16)17)8-12(13)20(23)24/h7-8,10,18H,3-6H2,1-2H3. The zero-order valence-corrected chi connectivity index (χ0v) is 13.2. The number of halogens is 3. The van der Waals surface area contributed by atoms with E-state index in [4.69, 9.17) is 0 Å². The Morgan fingerprint density at radius 2 is 1.46 bits per heavy atom. The largest absolute Gasteiger partial charge is 0.416 e. The minimum Gasteiger partial charge on any atom is -0.371 e. The smallest absolute Gasteiger partial charge is 0.371 e. The van der Waals surface area contributed by atoms with Crippen LogP contribution >= 0.6 is 0 Å². The Morgan fingerprint density at radius 1 is 1.04 bits per heavy atom. The summed E-state index contributed by atoms with van der Waals surface area (Å²) in [6.07, 6.45) is -2.30. The van der Waals surface area contributed by atoms with Crippen molar-refractivity contribution in [3.63, 3.8) is 0 Å². The molecule has 0 radical (unpaired) electrons. The highest BCUT2D eigenvalue weighted by atomic mass is 19.4. The van der Waals surface area contributed by atoms with Crippen LogP contribution in [0.4, 0.5) is 30.2 Å². The van der Waals surface area contributed by atoms with Gasteiger partial charge in [0.05, 0.1) is 15.4 Å². The number of anilines is 1. The van der Waals surface area contributed by atoms with Crippen molar-refractivity contribution in [3.8, 4) is 0 Å². The number of alkyl halides is 3. The highest BCUT2D eigenvalue weighted by Crippen LogP contribution is 2.41. The first kappa shape index (κ1) is 19.7. The summed E-state index contributed by atoms with van der Waals surface area (Å²) in [6.45, 7) is 3.75. The maximum atomic E-state index is 12.8. The van der Waals surface area contributed by atoms with E-state index in [9.17, 15) is 33.4 Å². The fourth-order valence-electron chi connectivity index (χ4n) is 2.40. The van der Waals surface area contributed by atoms with Gasteiger partial charge >= 0.3 is 6.18 Å². The van der Waals surface area contributed by atoms with E-state index in [0.29, 0.717) is 25.0 Å². The quantitative estimate of drug-likeness (QED) is 0.531. The molecule has 0 heterocycles. The first-order chi connectivity index (χ1) is 11.1. The van der Waals surface area contributed by atoms with Gasteiger partial charge in [0, 0.05) is 18.2 Å². The molecule has 0 atom stereocenters. The summed E-state index contributed by atoms with van der Waals surface area (Å²) < 4.78 is 38.5. The summed E-state index contributed by atoms with van der Waals surface area (Å²) in [5.74, 6) is 0. The number of hydrogen-bond donors (Lipinski definition) is 1. The summed E-state index contributed by atoms with van der Waals surface area (Å²) in [6, 6.07) is 0.350. The molecule has 0 aromatic heterocycles. The van der Waals surface area contributed by atoms with E-state index in [-0.39, 0.29) is 6.04 Å². The molecule has 0 fully saturated rings. The molecule has 0 saturated carbocycles. The van der Waals surface area contributed by atoms with Crippen molar-refractivity contribution < 1.29 is 23.0 Å². The molecule has 0 saturated heterocycles. The zero-order chi connectivity index (χ0) is 18.5. The Morgan fingerprint density at radius 3 is 1.75 bits per heavy atom. The lowest BCUT2D eigenvalue weighted by molar-refractivity contribution is -0.392. The molecular formula is C14H18F3N3O4. The van der Waals surface area contributed by atoms with Gasteiger partial charge in [0.2, 0.25) is 0 Å². The lowest BCUT2D eigenvalue weighted by Gasteiger charge is -2.19. The van der Waals surface area contributed by atoms with Crippen LogP contribution < -0.4 is 5.32 Å². The summed E-state index contributed by atoms with van der Waals surface area (Å²) in [4.78, 5) is 20.2. The number of hydrogen-bond acceptors (Lipinski definition) is 5. The van der Waals surface area contributed by atoms with Gasteiger partial charge in [0.1, 0.15) is 0 Å². The molecule has 0 bridgehead atoms. The predicted molar refractivity (Wildman–Crippen MR) is 82.0 cm³/mol. The monoisotopic (exact) mass is 349 g/mol. The minimum absolute atomic E-state index is 0.297. The number of nitro groups is 2. The third-order valence-electron chi connectivity index (χ3n) is 3.44. The summed E-state index contributed by atoms with van der Waals surface area (Å²) in [5.41, 5.74) is -3.80. The summed E-state index contributed by atoms with van der Waals surface area (Å²) in [7, 11) is 0. The number of benzene rings is 1. The number of nitro benzene ring substituents is 2. The highest BCUT2D eigenvalue weighted by Gasteiger charge is 2.38. The Kier molecular flexibility index (Phi) is 6.50. The van der Waals surface area contributed by atoms with Gasteiger partial charge in [-0.25, -0.2) is 0 Å². The van der Waals surface area contributed by atoms with Gasteiger partial charge in [-0.1, -0.05) is 26.7 Å². The Bertz CT molecular complexity index is 579. The van der Waals surface area contributed by atoms with Crippen LogP contribution in [0.1, 0.15) is 45.1 Å². The Balaban J connectivity index is 3.49. The minimum atomic E-state index is -4.92. The van der Waals surface area contributed by atoms with E-state index in [2.05, 4.69) is 5.32 Å².